The first kappa shape index (κ1) is 18.7. The number of hydrazine groups is 1. The lowest BCUT2D eigenvalue weighted by atomic mass is 10.1. The van der Waals surface area contributed by atoms with Crippen LogP contribution in [-0.4, -0.2) is 16.6 Å². The van der Waals surface area contributed by atoms with E-state index in [9.17, 15) is 19.2 Å². The topological polar surface area (TPSA) is 112 Å². The Morgan fingerprint density at radius 3 is 2.56 bits per heavy atom. The summed E-state index contributed by atoms with van der Waals surface area (Å²) in [6.45, 7) is 0.326. The molecule has 7 nitrogen and oxygen atoms in total. The Bertz CT molecular complexity index is 797. The third kappa shape index (κ3) is 5.45. The van der Waals surface area contributed by atoms with E-state index in [2.05, 4.69) is 38.4 Å². The Labute approximate surface area is 155 Å². The first-order valence-electron chi connectivity index (χ1n) is 6.89. The molecule has 0 heterocycles. The molecule has 0 spiro atoms. The largest absolute Gasteiger partial charge is 0.612 e. The number of nitrogens with two attached hydrogens (primary N) is 1. The van der Waals surface area contributed by atoms with Crippen LogP contribution in [0.4, 0.5) is 8.78 Å². The normalized spacial score (nSPS) is 16.4. The fraction of sp³-hybridized carbons (Fsp3) is 0.0667. The van der Waals surface area contributed by atoms with Crippen LogP contribution in [0.3, 0.4) is 0 Å². The zero-order chi connectivity index (χ0) is 18.4. The zero-order valence-corrected chi connectivity index (χ0v) is 14.8. The molecule has 0 radical (unpaired) electrons. The van der Waals surface area contributed by atoms with Gasteiger partial charge in [0.15, 0.2) is 5.83 Å². The highest BCUT2D eigenvalue weighted by atomic mass is 127. The number of rotatable bonds is 4. The summed E-state index contributed by atoms with van der Waals surface area (Å²) in [4.78, 5) is 3.13. The van der Waals surface area contributed by atoms with Gasteiger partial charge in [0.1, 0.15) is 5.83 Å². The van der Waals surface area contributed by atoms with Gasteiger partial charge in [0, 0.05) is 15.8 Å². The lowest BCUT2D eigenvalue weighted by Crippen LogP contribution is -2.40. The van der Waals surface area contributed by atoms with Crippen LogP contribution in [0.1, 0.15) is 5.56 Å². The van der Waals surface area contributed by atoms with E-state index >= 15 is 0 Å². The highest BCUT2D eigenvalue weighted by Gasteiger charge is 2.23. The van der Waals surface area contributed by atoms with E-state index in [0.29, 0.717) is 12.6 Å². The van der Waals surface area contributed by atoms with Gasteiger partial charge >= 0.3 is 0 Å². The van der Waals surface area contributed by atoms with E-state index in [0.717, 1.165) is 21.4 Å². The fourth-order valence-electron chi connectivity index (χ4n) is 1.88. The van der Waals surface area contributed by atoms with E-state index in [1.165, 1.54) is 0 Å². The van der Waals surface area contributed by atoms with Crippen LogP contribution in [0.25, 0.3) is 0 Å². The van der Waals surface area contributed by atoms with Gasteiger partial charge in [0.05, 0.1) is 12.1 Å². The third-order valence-corrected chi connectivity index (χ3v) is 3.73. The van der Waals surface area contributed by atoms with Crippen LogP contribution < -0.4 is 16.6 Å². The second kappa shape index (κ2) is 8.46. The van der Waals surface area contributed by atoms with Gasteiger partial charge in [-0.1, -0.05) is 12.1 Å². The van der Waals surface area contributed by atoms with Crippen molar-refractivity contribution < 1.29 is 13.7 Å². The highest BCUT2D eigenvalue weighted by molar-refractivity contribution is 14.1. The molecule has 10 heteroatoms. The maximum atomic E-state index is 13.5. The number of hydrogen-bond acceptors (Lipinski definition) is 4. The molecule has 0 atom stereocenters. The Balaban J connectivity index is 1.99. The summed E-state index contributed by atoms with van der Waals surface area (Å²) in [6, 6.07) is 7.66. The number of allylic oxidation sites excluding steroid dienone is 5. The molecule has 1 aromatic rings. The lowest BCUT2D eigenvalue weighted by molar-refractivity contribution is -0.378. The number of hydrogen-bond donors (Lipinski definition) is 3. The highest BCUT2D eigenvalue weighted by Crippen LogP contribution is 2.21. The van der Waals surface area contributed by atoms with E-state index in [-0.39, 0.29) is 11.5 Å². The number of halogens is 3. The summed E-state index contributed by atoms with van der Waals surface area (Å²) in [5, 5.41) is 21.7. The van der Waals surface area contributed by atoms with Crippen LogP contribution in [0.2, 0.25) is 0 Å². The monoisotopic (exact) mass is 460 g/mol. The molecule has 0 aromatic heterocycles. The molecular weight excluding hydrogens is 447 g/mol. The molecule has 1 aromatic carbocycles. The van der Waals surface area contributed by atoms with Crippen molar-refractivity contribution in [3.05, 3.63) is 79.4 Å². The van der Waals surface area contributed by atoms with Crippen LogP contribution in [-0.2, 0) is 6.54 Å². The van der Waals surface area contributed by atoms with E-state index in [1.54, 1.807) is 0 Å². The summed E-state index contributed by atoms with van der Waals surface area (Å²) in [7, 11) is 0. The maximum absolute atomic E-state index is 13.5. The summed E-state index contributed by atoms with van der Waals surface area (Å²) in [5.74, 6) is -2.19. The van der Waals surface area contributed by atoms with E-state index < -0.39 is 22.3 Å². The van der Waals surface area contributed by atoms with Gasteiger partial charge < -0.3 is 21.6 Å². The molecule has 0 fully saturated rings. The first-order valence-corrected chi connectivity index (χ1v) is 7.97. The SMILES string of the molecule is NC(=NCc1ccc(I)cc1)NN/C=C1\C=C(F)C=C(F)C1=[N+]([O-])[O-]. The van der Waals surface area contributed by atoms with Crippen molar-refractivity contribution in [1.29, 1.82) is 0 Å². The van der Waals surface area contributed by atoms with Gasteiger partial charge in [-0.3, -0.25) is 5.43 Å². The minimum Gasteiger partial charge on any atom is -0.612 e. The van der Waals surface area contributed by atoms with Crippen LogP contribution in [0, 0.1) is 14.0 Å². The molecule has 0 amide bonds. The third-order valence-electron chi connectivity index (χ3n) is 3.01. The average molecular weight is 460 g/mol. The number of aliphatic imine (C=N–C) groups is 1. The minimum absolute atomic E-state index is 0.00864. The molecule has 1 aliphatic rings. The second-order valence-electron chi connectivity index (χ2n) is 4.82. The molecule has 0 saturated heterocycles. The number of nitrogens with zero attached hydrogens (tertiary/aromatic N) is 2. The zero-order valence-electron chi connectivity index (χ0n) is 12.7. The second-order valence-corrected chi connectivity index (χ2v) is 6.07. The summed E-state index contributed by atoms with van der Waals surface area (Å²) in [5.41, 5.74) is 10.4. The summed E-state index contributed by atoms with van der Waals surface area (Å²) in [6.07, 6.45) is 2.30. The number of guanidine groups is 1. The quantitative estimate of drug-likeness (QED) is 0.210. The molecule has 0 unspecified atom stereocenters. The van der Waals surface area contributed by atoms with Gasteiger partial charge in [-0.25, -0.2) is 9.38 Å². The number of nitrogens with one attached hydrogen (secondary N) is 2. The first-order chi connectivity index (χ1) is 11.9. The van der Waals surface area contributed by atoms with Gasteiger partial charge in [0.25, 0.3) is 5.71 Å². The molecule has 0 aliphatic heterocycles. The summed E-state index contributed by atoms with van der Waals surface area (Å²) >= 11 is 2.19. The van der Waals surface area contributed by atoms with Crippen molar-refractivity contribution in [2.45, 2.75) is 6.54 Å². The van der Waals surface area contributed by atoms with Gasteiger partial charge in [-0.2, -0.15) is 9.29 Å². The van der Waals surface area contributed by atoms with Crippen molar-refractivity contribution in [2.75, 3.05) is 0 Å². The van der Waals surface area contributed by atoms with Crippen LogP contribution in [0.15, 0.2) is 64.8 Å². The van der Waals surface area contributed by atoms with Crippen molar-refractivity contribution in [2.24, 2.45) is 10.7 Å². The van der Waals surface area contributed by atoms with Crippen molar-refractivity contribution >= 4 is 34.3 Å². The average Bonchev–Trinajstić information content (AvgIpc) is 2.53. The Kier molecular flexibility index (Phi) is 6.33. The predicted molar refractivity (Wildman–Crippen MR) is 99.2 cm³/mol. The molecule has 4 N–H and O–H groups in total. The molecule has 0 saturated carbocycles. The molecule has 0 bridgehead atoms. The summed E-state index contributed by atoms with van der Waals surface area (Å²) < 4.78 is 27.8. The Morgan fingerprint density at radius 2 is 1.92 bits per heavy atom. The predicted octanol–water partition coefficient (Wildman–Crippen LogP) is 2.25. The molecule has 132 valence electrons. The van der Waals surface area contributed by atoms with Crippen molar-refractivity contribution in [3.63, 3.8) is 0 Å². The Morgan fingerprint density at radius 1 is 1.24 bits per heavy atom. The smallest absolute Gasteiger partial charge is 0.267 e. The maximum Gasteiger partial charge on any atom is 0.267 e. The number of benzene rings is 1. The van der Waals surface area contributed by atoms with Crippen molar-refractivity contribution in [1.82, 2.24) is 10.9 Å². The van der Waals surface area contributed by atoms with Gasteiger partial charge in [-0.15, -0.1) is 0 Å². The van der Waals surface area contributed by atoms with E-state index in [4.69, 9.17) is 5.73 Å². The van der Waals surface area contributed by atoms with Gasteiger partial charge in [0.2, 0.25) is 5.96 Å². The van der Waals surface area contributed by atoms with Crippen molar-refractivity contribution in [3.8, 4) is 0 Å². The molecule has 2 rings (SSSR count). The van der Waals surface area contributed by atoms with Crippen LogP contribution >= 0.6 is 22.6 Å². The molecular formula is C15H13F2IN5O2-. The lowest BCUT2D eigenvalue weighted by Gasteiger charge is -2.14. The molecule has 25 heavy (non-hydrogen) atoms. The fourth-order valence-corrected chi connectivity index (χ4v) is 2.24. The minimum atomic E-state index is -1.27. The van der Waals surface area contributed by atoms with E-state index in [1.807, 2.05) is 24.3 Å². The van der Waals surface area contributed by atoms with Crippen LogP contribution in [0.5, 0.6) is 0 Å². The molecule has 1 aliphatic carbocycles. The Hall–Kier alpha value is -2.63. The standard InChI is InChI=1S/C15H13F2IN5O2/c16-11-5-10(14(23(24)25)13(17)6-11)8-21-22-15(19)20-7-9-1-3-12(18)4-2-9/h1-6,8,21H,7H2,(H3-,19,20,22,24,25)/q-1/b10-8+. The van der Waals surface area contributed by atoms with Gasteiger partial charge in [-0.05, 0) is 46.4 Å².